The van der Waals surface area contributed by atoms with E-state index in [4.69, 9.17) is 15.0 Å². The molecule has 0 atom stereocenters. The highest BCUT2D eigenvalue weighted by molar-refractivity contribution is 7.89. The maximum atomic E-state index is 10.5. The molecule has 0 unspecified atom stereocenters. The summed E-state index contributed by atoms with van der Waals surface area (Å²) in [4.78, 5) is 9.00. The third-order valence-corrected chi connectivity index (χ3v) is 2.64. The Labute approximate surface area is 98.1 Å². The Morgan fingerprint density at radius 3 is 1.88 bits per heavy atom. The predicted molar refractivity (Wildman–Crippen MR) is 64.7 cm³/mol. The average Bonchev–Trinajstić information content (AvgIpc) is 2.08. The van der Waals surface area contributed by atoms with Crippen LogP contribution in [0.25, 0.3) is 0 Å². The molecular formula is C10H23NO4S. The molecule has 5 nitrogen and oxygen atoms in total. The molecule has 0 heterocycles. The summed E-state index contributed by atoms with van der Waals surface area (Å²) in [6, 6.07) is 0. The number of unbranched alkanes of at least 4 members (excludes halogenated alkanes) is 5. The van der Waals surface area contributed by atoms with Gasteiger partial charge < -0.3 is 5.11 Å². The minimum atomic E-state index is -3.22. The molecule has 0 amide bonds. The van der Waals surface area contributed by atoms with Crippen LogP contribution < -0.4 is 5.14 Å². The number of carbonyl (C=O) groups is 1. The SMILES string of the molecule is CC(=O)O.CCCCCCCCS(N)(=O)=O. The van der Waals surface area contributed by atoms with E-state index in [9.17, 15) is 8.42 Å². The molecule has 98 valence electrons. The normalized spacial score (nSPS) is 10.4. The Kier molecular flexibility index (Phi) is 12.1. The van der Waals surface area contributed by atoms with E-state index < -0.39 is 16.0 Å². The van der Waals surface area contributed by atoms with Crippen molar-refractivity contribution in [2.45, 2.75) is 52.4 Å². The molecule has 0 spiro atoms. The zero-order valence-corrected chi connectivity index (χ0v) is 10.9. The Balaban J connectivity index is 0. The standard InChI is InChI=1S/C8H19NO2S.C2H4O2/c1-2-3-4-5-6-7-8-12(9,10)11;1-2(3)4/h2-8H2,1H3,(H2,9,10,11);1H3,(H,3,4). The van der Waals surface area contributed by atoms with Gasteiger partial charge in [0.1, 0.15) is 0 Å². The number of carboxylic acids is 1. The van der Waals surface area contributed by atoms with Crippen LogP contribution in [0, 0.1) is 0 Å². The van der Waals surface area contributed by atoms with E-state index in [0.717, 1.165) is 19.8 Å². The van der Waals surface area contributed by atoms with Crippen LogP contribution in [0.2, 0.25) is 0 Å². The van der Waals surface area contributed by atoms with Gasteiger partial charge >= 0.3 is 0 Å². The summed E-state index contributed by atoms with van der Waals surface area (Å²) >= 11 is 0. The van der Waals surface area contributed by atoms with Crippen molar-refractivity contribution in [1.29, 1.82) is 0 Å². The van der Waals surface area contributed by atoms with Crippen molar-refractivity contribution in [3.05, 3.63) is 0 Å². The van der Waals surface area contributed by atoms with Crippen LogP contribution in [0.5, 0.6) is 0 Å². The average molecular weight is 253 g/mol. The summed E-state index contributed by atoms with van der Waals surface area (Å²) < 4.78 is 21.0. The van der Waals surface area contributed by atoms with Gasteiger partial charge in [-0.2, -0.15) is 0 Å². The number of primary sulfonamides is 1. The largest absolute Gasteiger partial charge is 0.481 e. The first kappa shape index (κ1) is 17.8. The molecule has 0 saturated heterocycles. The lowest BCUT2D eigenvalue weighted by atomic mass is 10.1. The van der Waals surface area contributed by atoms with Crippen LogP contribution in [0.1, 0.15) is 52.4 Å². The second-order valence-corrected chi connectivity index (χ2v) is 5.39. The Morgan fingerprint density at radius 2 is 1.50 bits per heavy atom. The first-order chi connectivity index (χ1) is 7.29. The van der Waals surface area contributed by atoms with Crippen LogP contribution in [-0.4, -0.2) is 25.2 Å². The van der Waals surface area contributed by atoms with E-state index in [-0.39, 0.29) is 5.75 Å². The molecule has 0 aromatic rings. The van der Waals surface area contributed by atoms with Crippen molar-refractivity contribution in [3.8, 4) is 0 Å². The summed E-state index contributed by atoms with van der Waals surface area (Å²) in [5.41, 5.74) is 0. The summed E-state index contributed by atoms with van der Waals surface area (Å²) in [6.45, 7) is 3.24. The molecule has 6 heteroatoms. The molecule has 0 aromatic carbocycles. The fourth-order valence-electron chi connectivity index (χ4n) is 1.08. The summed E-state index contributed by atoms with van der Waals surface area (Å²) in [7, 11) is -3.22. The molecule has 0 radical (unpaired) electrons. The molecule has 16 heavy (non-hydrogen) atoms. The molecule has 0 aromatic heterocycles. The quantitative estimate of drug-likeness (QED) is 0.675. The number of carboxylic acid groups (broad SMARTS) is 1. The third-order valence-electron chi connectivity index (χ3n) is 1.78. The minimum absolute atomic E-state index is 0.138. The van der Waals surface area contributed by atoms with Gasteiger partial charge in [0.2, 0.25) is 10.0 Å². The molecule has 0 aliphatic heterocycles. The number of rotatable bonds is 7. The van der Waals surface area contributed by atoms with Crippen LogP contribution >= 0.6 is 0 Å². The van der Waals surface area contributed by atoms with Crippen LogP contribution in [0.3, 0.4) is 0 Å². The lowest BCUT2D eigenvalue weighted by Crippen LogP contribution is -2.16. The summed E-state index contributed by atoms with van der Waals surface area (Å²) in [6.07, 6.45) is 6.49. The van der Waals surface area contributed by atoms with E-state index in [2.05, 4.69) is 6.92 Å². The molecule has 0 bridgehead atoms. The molecular weight excluding hydrogens is 230 g/mol. The number of sulfonamides is 1. The fourth-order valence-corrected chi connectivity index (χ4v) is 1.69. The van der Waals surface area contributed by atoms with Crippen molar-refractivity contribution >= 4 is 16.0 Å². The zero-order chi connectivity index (χ0) is 13.0. The molecule has 0 aliphatic rings. The van der Waals surface area contributed by atoms with E-state index in [0.29, 0.717) is 6.42 Å². The van der Waals surface area contributed by atoms with Gasteiger partial charge in [0.25, 0.3) is 5.97 Å². The first-order valence-corrected chi connectivity index (χ1v) is 7.21. The lowest BCUT2D eigenvalue weighted by Gasteiger charge is -1.98. The van der Waals surface area contributed by atoms with Gasteiger partial charge in [-0.1, -0.05) is 39.0 Å². The second-order valence-electron chi connectivity index (χ2n) is 3.65. The Morgan fingerprint density at radius 1 is 1.12 bits per heavy atom. The fraction of sp³-hybridized carbons (Fsp3) is 0.900. The molecule has 0 rings (SSSR count). The predicted octanol–water partition coefficient (Wildman–Crippen LogP) is 1.73. The topological polar surface area (TPSA) is 97.5 Å². The highest BCUT2D eigenvalue weighted by Gasteiger charge is 2.00. The van der Waals surface area contributed by atoms with Gasteiger partial charge in [-0.15, -0.1) is 0 Å². The third kappa shape index (κ3) is 29.2. The maximum Gasteiger partial charge on any atom is 0.300 e. The number of aliphatic carboxylic acids is 1. The lowest BCUT2D eigenvalue weighted by molar-refractivity contribution is -0.134. The van der Waals surface area contributed by atoms with Crippen molar-refractivity contribution in [2.24, 2.45) is 5.14 Å². The van der Waals surface area contributed by atoms with Crippen LogP contribution in [-0.2, 0) is 14.8 Å². The summed E-state index contributed by atoms with van der Waals surface area (Å²) in [5.74, 6) is -0.695. The second kappa shape index (κ2) is 10.9. The van der Waals surface area contributed by atoms with Crippen LogP contribution in [0.4, 0.5) is 0 Å². The van der Waals surface area contributed by atoms with Crippen molar-refractivity contribution in [3.63, 3.8) is 0 Å². The highest BCUT2D eigenvalue weighted by atomic mass is 32.2. The van der Waals surface area contributed by atoms with Gasteiger partial charge in [-0.25, -0.2) is 13.6 Å². The van der Waals surface area contributed by atoms with Gasteiger partial charge in [0, 0.05) is 6.92 Å². The molecule has 0 aliphatic carbocycles. The first-order valence-electron chi connectivity index (χ1n) is 5.49. The zero-order valence-electron chi connectivity index (χ0n) is 10.1. The van der Waals surface area contributed by atoms with Gasteiger partial charge in [0.05, 0.1) is 5.75 Å². The molecule has 0 fully saturated rings. The number of nitrogens with two attached hydrogens (primary N) is 1. The van der Waals surface area contributed by atoms with E-state index in [1.165, 1.54) is 19.3 Å². The van der Waals surface area contributed by atoms with E-state index in [1.54, 1.807) is 0 Å². The molecule has 0 saturated carbocycles. The van der Waals surface area contributed by atoms with Crippen LogP contribution in [0.15, 0.2) is 0 Å². The Hall–Kier alpha value is -0.620. The number of hydrogen-bond donors (Lipinski definition) is 2. The van der Waals surface area contributed by atoms with E-state index in [1.807, 2.05) is 0 Å². The van der Waals surface area contributed by atoms with Gasteiger partial charge in [0.15, 0.2) is 0 Å². The Bertz CT molecular complexity index is 258. The van der Waals surface area contributed by atoms with Crippen molar-refractivity contribution < 1.29 is 18.3 Å². The van der Waals surface area contributed by atoms with Crippen molar-refractivity contribution in [2.75, 3.05) is 5.75 Å². The minimum Gasteiger partial charge on any atom is -0.481 e. The van der Waals surface area contributed by atoms with Crippen molar-refractivity contribution in [1.82, 2.24) is 0 Å². The highest BCUT2D eigenvalue weighted by Crippen LogP contribution is 2.05. The number of hydrogen-bond acceptors (Lipinski definition) is 3. The van der Waals surface area contributed by atoms with E-state index >= 15 is 0 Å². The molecule has 3 N–H and O–H groups in total. The maximum absolute atomic E-state index is 10.5. The monoisotopic (exact) mass is 253 g/mol. The van der Waals surface area contributed by atoms with Gasteiger partial charge in [-0.3, -0.25) is 4.79 Å². The summed E-state index contributed by atoms with van der Waals surface area (Å²) in [5, 5.41) is 12.3. The van der Waals surface area contributed by atoms with Gasteiger partial charge in [-0.05, 0) is 6.42 Å². The smallest absolute Gasteiger partial charge is 0.300 e.